The van der Waals surface area contributed by atoms with E-state index in [1.54, 1.807) is 18.1 Å². The van der Waals surface area contributed by atoms with Crippen LogP contribution in [-0.2, 0) is 6.42 Å². The maximum atomic E-state index is 13.6. The Balaban J connectivity index is 1.11. The number of methoxy groups -OCH3 is 1. The third kappa shape index (κ3) is 4.95. The van der Waals surface area contributed by atoms with E-state index in [1.807, 2.05) is 47.4 Å². The number of aliphatic hydroxyl groups is 1. The minimum absolute atomic E-state index is 0.0670. The van der Waals surface area contributed by atoms with Gasteiger partial charge in [-0.15, -0.1) is 0 Å². The van der Waals surface area contributed by atoms with Crippen LogP contribution >= 0.6 is 0 Å². The van der Waals surface area contributed by atoms with E-state index >= 15 is 0 Å². The molecule has 1 unspecified atom stereocenters. The van der Waals surface area contributed by atoms with Crippen LogP contribution in [0.3, 0.4) is 0 Å². The van der Waals surface area contributed by atoms with Crippen molar-refractivity contribution in [2.75, 3.05) is 55.0 Å². The summed E-state index contributed by atoms with van der Waals surface area (Å²) in [5, 5.41) is 12.6. The third-order valence-corrected chi connectivity index (χ3v) is 8.33. The number of carbonyl (C=O) groups is 2. The van der Waals surface area contributed by atoms with Crippen LogP contribution in [0, 0.1) is 0 Å². The molecule has 1 fully saturated rings. The number of hydrogen-bond donors (Lipinski definition) is 2. The predicted octanol–water partition coefficient (Wildman–Crippen LogP) is 3.67. The molecule has 3 aromatic rings. The zero-order valence-corrected chi connectivity index (χ0v) is 22.6. The van der Waals surface area contributed by atoms with Crippen molar-refractivity contribution in [1.29, 1.82) is 0 Å². The van der Waals surface area contributed by atoms with Gasteiger partial charge in [0.1, 0.15) is 23.6 Å². The molecule has 0 bridgehead atoms. The Morgan fingerprint density at radius 1 is 1.10 bits per heavy atom. The van der Waals surface area contributed by atoms with Crippen molar-refractivity contribution < 1.29 is 19.4 Å². The smallest absolute Gasteiger partial charge is 0.322 e. The van der Waals surface area contributed by atoms with E-state index in [-0.39, 0.29) is 30.5 Å². The highest BCUT2D eigenvalue weighted by Crippen LogP contribution is 2.38. The number of rotatable bonds is 6. The summed E-state index contributed by atoms with van der Waals surface area (Å²) in [5.74, 6) is 1.45. The van der Waals surface area contributed by atoms with Crippen LogP contribution in [0.15, 0.2) is 54.9 Å². The second-order valence-corrected chi connectivity index (χ2v) is 10.6. The van der Waals surface area contributed by atoms with Crippen LogP contribution in [0.4, 0.5) is 22.0 Å². The van der Waals surface area contributed by atoms with Gasteiger partial charge in [-0.05, 0) is 61.1 Å². The molecular weight excluding hydrogens is 508 g/mol. The van der Waals surface area contributed by atoms with Crippen molar-refractivity contribution in [3.05, 3.63) is 71.7 Å². The predicted molar refractivity (Wildman–Crippen MR) is 152 cm³/mol. The number of anilines is 3. The average molecular weight is 543 g/mol. The van der Waals surface area contributed by atoms with E-state index in [1.165, 1.54) is 6.33 Å². The largest absolute Gasteiger partial charge is 0.497 e. The topological polar surface area (TPSA) is 111 Å². The lowest BCUT2D eigenvalue weighted by atomic mass is 9.99. The molecule has 40 heavy (non-hydrogen) atoms. The van der Waals surface area contributed by atoms with E-state index in [0.717, 1.165) is 66.4 Å². The van der Waals surface area contributed by atoms with Gasteiger partial charge in [0, 0.05) is 62.2 Å². The van der Waals surface area contributed by atoms with E-state index in [4.69, 9.17) is 4.74 Å². The van der Waals surface area contributed by atoms with Crippen LogP contribution < -0.4 is 19.9 Å². The standard InChI is InChI=1S/C30H34N6O4/c1-40-23-6-7-25-20(16-23)8-14-35(30(39)33-25)22-9-12-34(13-10-22)28-17-26(31-19-32-28)29(38)36-18-21(11-15-37)24-4-2-3-5-27(24)36/h2-7,16-17,19,21-22,37H,8-15,18H2,1H3,(H,33,39). The Kier molecular flexibility index (Phi) is 7.25. The van der Waals surface area contributed by atoms with E-state index in [2.05, 4.69) is 20.2 Å². The van der Waals surface area contributed by atoms with Crippen molar-refractivity contribution >= 4 is 29.1 Å². The molecule has 208 valence electrons. The van der Waals surface area contributed by atoms with Gasteiger partial charge in [-0.25, -0.2) is 14.8 Å². The number of piperidine rings is 1. The van der Waals surface area contributed by atoms with Crippen LogP contribution in [0.25, 0.3) is 0 Å². The highest BCUT2D eigenvalue weighted by molar-refractivity contribution is 6.06. The fourth-order valence-corrected chi connectivity index (χ4v) is 6.18. The number of nitrogens with zero attached hydrogens (tertiary/aromatic N) is 5. The van der Waals surface area contributed by atoms with Gasteiger partial charge in [-0.3, -0.25) is 4.79 Å². The summed E-state index contributed by atoms with van der Waals surface area (Å²) in [7, 11) is 1.65. The molecule has 2 N–H and O–H groups in total. The van der Waals surface area contributed by atoms with Crippen molar-refractivity contribution in [1.82, 2.24) is 14.9 Å². The lowest BCUT2D eigenvalue weighted by molar-refractivity contribution is 0.0982. The summed E-state index contributed by atoms with van der Waals surface area (Å²) >= 11 is 0. The third-order valence-electron chi connectivity index (χ3n) is 8.33. The molecule has 0 aliphatic carbocycles. The lowest BCUT2D eigenvalue weighted by Crippen LogP contribution is -2.49. The first-order chi connectivity index (χ1) is 19.6. The molecule has 6 rings (SSSR count). The summed E-state index contributed by atoms with van der Waals surface area (Å²) in [5.41, 5.74) is 4.23. The SMILES string of the molecule is COc1ccc2c(c1)CCN(C1CCN(c3cc(C(=O)N4CC(CCO)c5ccccc54)ncn3)CC1)C(=O)N2. The molecule has 2 aromatic carbocycles. The molecule has 1 aromatic heterocycles. The van der Waals surface area contributed by atoms with Gasteiger partial charge in [0.05, 0.1) is 7.11 Å². The first-order valence-corrected chi connectivity index (χ1v) is 13.9. The number of urea groups is 1. The Morgan fingerprint density at radius 2 is 1.93 bits per heavy atom. The molecule has 0 radical (unpaired) electrons. The number of carbonyl (C=O) groups excluding carboxylic acids is 2. The quantitative estimate of drug-likeness (QED) is 0.489. The fourth-order valence-electron chi connectivity index (χ4n) is 6.18. The minimum atomic E-state index is -0.163. The molecular formula is C30H34N6O4. The van der Waals surface area contributed by atoms with Crippen molar-refractivity contribution in [3.63, 3.8) is 0 Å². The molecule has 4 heterocycles. The fraction of sp³-hybridized carbons (Fsp3) is 0.400. The molecule has 3 amide bonds. The van der Waals surface area contributed by atoms with Gasteiger partial charge in [0.25, 0.3) is 5.91 Å². The number of para-hydroxylation sites is 1. The molecule has 0 spiro atoms. The van der Waals surface area contributed by atoms with Crippen LogP contribution in [0.1, 0.15) is 46.8 Å². The molecule has 1 saturated heterocycles. The van der Waals surface area contributed by atoms with Crippen molar-refractivity contribution in [3.8, 4) is 5.75 Å². The lowest BCUT2D eigenvalue weighted by Gasteiger charge is -2.38. The van der Waals surface area contributed by atoms with Gasteiger partial charge in [0.2, 0.25) is 0 Å². The van der Waals surface area contributed by atoms with Crippen LogP contribution in [0.5, 0.6) is 5.75 Å². The Labute approximate surface area is 233 Å². The first-order valence-electron chi connectivity index (χ1n) is 13.9. The van der Waals surface area contributed by atoms with Gasteiger partial charge in [0.15, 0.2) is 0 Å². The number of aromatic nitrogens is 2. The van der Waals surface area contributed by atoms with Crippen molar-refractivity contribution in [2.45, 2.75) is 37.6 Å². The van der Waals surface area contributed by atoms with Gasteiger partial charge in [-0.1, -0.05) is 18.2 Å². The Bertz CT molecular complexity index is 1410. The number of benzene rings is 2. The maximum absolute atomic E-state index is 13.6. The number of ether oxygens (including phenoxy) is 1. The molecule has 3 aliphatic heterocycles. The maximum Gasteiger partial charge on any atom is 0.322 e. The summed E-state index contributed by atoms with van der Waals surface area (Å²) in [6, 6.07) is 15.5. The summed E-state index contributed by atoms with van der Waals surface area (Å²) in [6.45, 7) is 2.71. The summed E-state index contributed by atoms with van der Waals surface area (Å²) < 4.78 is 5.35. The normalized spacial score (nSPS) is 19.1. The number of fused-ring (bicyclic) bond motifs is 2. The second kappa shape index (κ2) is 11.1. The summed E-state index contributed by atoms with van der Waals surface area (Å²) in [6.07, 6.45) is 4.45. The zero-order valence-electron chi connectivity index (χ0n) is 22.6. The summed E-state index contributed by atoms with van der Waals surface area (Å²) in [4.78, 5) is 41.3. The molecule has 0 saturated carbocycles. The van der Waals surface area contributed by atoms with Gasteiger partial charge >= 0.3 is 6.03 Å². The van der Waals surface area contributed by atoms with Gasteiger partial charge in [-0.2, -0.15) is 0 Å². The minimum Gasteiger partial charge on any atom is -0.497 e. The number of amides is 3. The molecule has 10 heteroatoms. The monoisotopic (exact) mass is 542 g/mol. The Morgan fingerprint density at radius 3 is 2.73 bits per heavy atom. The van der Waals surface area contributed by atoms with Crippen LogP contribution in [0.2, 0.25) is 0 Å². The number of nitrogens with one attached hydrogen (secondary N) is 1. The first kappa shape index (κ1) is 26.1. The highest BCUT2D eigenvalue weighted by Gasteiger charge is 2.34. The highest BCUT2D eigenvalue weighted by atomic mass is 16.5. The number of hydrogen-bond acceptors (Lipinski definition) is 7. The molecule has 10 nitrogen and oxygen atoms in total. The van der Waals surface area contributed by atoms with Crippen LogP contribution in [-0.4, -0.2) is 77.9 Å². The molecule has 1 atom stereocenters. The van der Waals surface area contributed by atoms with Gasteiger partial charge < -0.3 is 29.9 Å². The average Bonchev–Trinajstić information content (AvgIpc) is 3.27. The number of aliphatic hydroxyl groups excluding tert-OH is 1. The zero-order chi connectivity index (χ0) is 27.6. The van der Waals surface area contributed by atoms with E-state index in [9.17, 15) is 14.7 Å². The Hall–Kier alpha value is -4.18. The molecule has 3 aliphatic rings. The van der Waals surface area contributed by atoms with Crippen molar-refractivity contribution in [2.24, 2.45) is 0 Å². The van der Waals surface area contributed by atoms with E-state index < -0.39 is 0 Å². The van der Waals surface area contributed by atoms with E-state index in [0.29, 0.717) is 25.2 Å². The second-order valence-electron chi connectivity index (χ2n) is 10.6.